The van der Waals surface area contributed by atoms with Gasteiger partial charge in [0.1, 0.15) is 11.4 Å². The number of thiophene rings is 2. The van der Waals surface area contributed by atoms with E-state index in [1.54, 1.807) is 0 Å². The fraction of sp³-hybridized carbons (Fsp3) is 0.105. The average molecular weight is 482 g/mol. The lowest BCUT2D eigenvalue weighted by atomic mass is 10.2. The summed E-state index contributed by atoms with van der Waals surface area (Å²) in [4.78, 5) is 30.4. The van der Waals surface area contributed by atoms with Gasteiger partial charge in [0.05, 0.1) is 22.3 Å². The minimum Gasteiger partial charge on any atom is -0.323 e. The molecule has 0 saturated heterocycles. The van der Waals surface area contributed by atoms with Gasteiger partial charge in [-0.15, -0.1) is 22.7 Å². The molecule has 1 aromatic carbocycles. The Bertz CT molecular complexity index is 1430. The molecule has 0 atom stereocenters. The van der Waals surface area contributed by atoms with Crippen LogP contribution in [-0.4, -0.2) is 29.6 Å². The third-order valence-electron chi connectivity index (χ3n) is 4.36. The average Bonchev–Trinajstić information content (AvgIpc) is 3.40. The lowest BCUT2D eigenvalue weighted by Gasteiger charge is -2.12. The Balaban J connectivity index is 1.65. The highest BCUT2D eigenvalue weighted by molar-refractivity contribution is 7.91. The van der Waals surface area contributed by atoms with Gasteiger partial charge >= 0.3 is 5.76 Å². The maximum absolute atomic E-state index is 13.0. The largest absolute Gasteiger partial charge is 0.341 e. The Morgan fingerprint density at radius 1 is 1.16 bits per heavy atom. The Labute approximate surface area is 182 Å². The van der Waals surface area contributed by atoms with Crippen molar-refractivity contribution < 1.29 is 22.0 Å². The second-order valence-corrected chi connectivity index (χ2v) is 10.0. The molecule has 3 aromatic heterocycles. The van der Waals surface area contributed by atoms with E-state index in [0.717, 1.165) is 21.1 Å². The van der Waals surface area contributed by atoms with Crippen molar-refractivity contribution in [1.82, 2.24) is 9.55 Å². The number of sulfone groups is 1. The van der Waals surface area contributed by atoms with E-state index in [-0.39, 0.29) is 5.69 Å². The number of rotatable bonds is 6. The standard InChI is InChI=1S/C19H13F2N3O4S3/c20-19(21)31(27,28)14-6-2-1-4-12(14)23-15(25)8-24-10-22-17-16(18(24)26)11(9-30-17)13-5-3-7-29-13/h1-7,9-10,19H,8H2,(H,23,25). The number of anilines is 1. The van der Waals surface area contributed by atoms with Gasteiger partial charge in [-0.05, 0) is 23.6 Å². The quantitative estimate of drug-likeness (QED) is 0.452. The van der Waals surface area contributed by atoms with Gasteiger partial charge in [-0.25, -0.2) is 13.4 Å². The molecule has 0 bridgehead atoms. The predicted octanol–water partition coefficient (Wildman–Crippen LogP) is 3.82. The molecule has 12 heteroatoms. The molecule has 4 rings (SSSR count). The zero-order valence-corrected chi connectivity index (χ0v) is 17.9. The van der Waals surface area contributed by atoms with Crippen LogP contribution < -0.4 is 10.9 Å². The highest BCUT2D eigenvalue weighted by Gasteiger charge is 2.29. The van der Waals surface area contributed by atoms with Gasteiger partial charge in [0.2, 0.25) is 15.7 Å². The molecule has 0 aliphatic carbocycles. The summed E-state index contributed by atoms with van der Waals surface area (Å²) in [5.41, 5.74) is -0.00129. The normalized spacial score (nSPS) is 11.8. The first-order chi connectivity index (χ1) is 14.8. The lowest BCUT2D eigenvalue weighted by Crippen LogP contribution is -2.28. The summed E-state index contributed by atoms with van der Waals surface area (Å²) in [5, 5.41) is 6.38. The third kappa shape index (κ3) is 4.01. The van der Waals surface area contributed by atoms with Gasteiger partial charge in [0.15, 0.2) is 0 Å². The molecule has 0 unspecified atom stereocenters. The van der Waals surface area contributed by atoms with Crippen LogP contribution in [0.2, 0.25) is 0 Å². The van der Waals surface area contributed by atoms with E-state index < -0.39 is 38.5 Å². The van der Waals surface area contributed by atoms with Gasteiger partial charge in [0.25, 0.3) is 5.56 Å². The number of benzene rings is 1. The molecule has 3 heterocycles. The monoisotopic (exact) mass is 481 g/mol. The number of halogens is 2. The number of carbonyl (C=O) groups is 1. The number of alkyl halides is 2. The first-order valence-corrected chi connectivity index (χ1v) is 12.0. The van der Waals surface area contributed by atoms with E-state index >= 15 is 0 Å². The Kier molecular flexibility index (Phi) is 5.69. The van der Waals surface area contributed by atoms with Gasteiger partial charge < -0.3 is 5.32 Å². The summed E-state index contributed by atoms with van der Waals surface area (Å²) >= 11 is 2.77. The zero-order valence-electron chi connectivity index (χ0n) is 15.5. The second kappa shape index (κ2) is 8.29. The lowest BCUT2D eigenvalue weighted by molar-refractivity contribution is -0.116. The van der Waals surface area contributed by atoms with Crippen LogP contribution in [-0.2, 0) is 21.2 Å². The summed E-state index contributed by atoms with van der Waals surface area (Å²) in [6, 6.07) is 8.59. The van der Waals surface area contributed by atoms with Crippen LogP contribution in [0.25, 0.3) is 20.7 Å². The Hall–Kier alpha value is -2.96. The second-order valence-electron chi connectivity index (χ2n) is 6.33. The molecular weight excluding hydrogens is 468 g/mol. The van der Waals surface area contributed by atoms with Gasteiger partial charge in [-0.1, -0.05) is 18.2 Å². The first kappa shape index (κ1) is 21.3. The van der Waals surface area contributed by atoms with Crippen molar-refractivity contribution in [2.24, 2.45) is 0 Å². The minimum atomic E-state index is -4.91. The number of hydrogen-bond acceptors (Lipinski definition) is 7. The summed E-state index contributed by atoms with van der Waals surface area (Å²) in [7, 11) is -4.91. The molecule has 31 heavy (non-hydrogen) atoms. The minimum absolute atomic E-state index is 0.287. The highest BCUT2D eigenvalue weighted by atomic mass is 32.2. The summed E-state index contributed by atoms with van der Waals surface area (Å²) < 4.78 is 50.7. The molecule has 0 aliphatic heterocycles. The maximum Gasteiger partial charge on any atom is 0.341 e. The fourth-order valence-electron chi connectivity index (χ4n) is 2.95. The summed E-state index contributed by atoms with van der Waals surface area (Å²) in [5.74, 6) is -4.39. The molecule has 0 spiro atoms. The van der Waals surface area contributed by atoms with Crippen molar-refractivity contribution >= 4 is 54.3 Å². The molecule has 0 radical (unpaired) electrons. The molecule has 0 aliphatic rings. The topological polar surface area (TPSA) is 98.1 Å². The van der Waals surface area contributed by atoms with Crippen LogP contribution in [0.5, 0.6) is 0 Å². The van der Waals surface area contributed by atoms with E-state index in [1.807, 2.05) is 22.9 Å². The van der Waals surface area contributed by atoms with Crippen molar-refractivity contribution in [3.05, 3.63) is 63.8 Å². The number of carbonyl (C=O) groups excluding carboxylic acids is 1. The van der Waals surface area contributed by atoms with E-state index in [1.165, 1.54) is 47.2 Å². The summed E-state index contributed by atoms with van der Waals surface area (Å²) in [6.07, 6.45) is 1.22. The van der Waals surface area contributed by atoms with E-state index in [0.29, 0.717) is 10.2 Å². The van der Waals surface area contributed by atoms with E-state index in [4.69, 9.17) is 0 Å². The SMILES string of the molecule is O=C(Cn1cnc2scc(-c3cccs3)c2c1=O)Nc1ccccc1S(=O)(=O)C(F)F. The number of nitrogens with one attached hydrogen (secondary N) is 1. The number of fused-ring (bicyclic) bond motifs is 1. The van der Waals surface area contributed by atoms with Gasteiger partial charge in [-0.2, -0.15) is 8.78 Å². The molecule has 0 saturated carbocycles. The number of nitrogens with zero attached hydrogens (tertiary/aromatic N) is 2. The molecule has 7 nitrogen and oxygen atoms in total. The molecule has 1 amide bonds. The van der Waals surface area contributed by atoms with Crippen LogP contribution in [0.15, 0.2) is 63.2 Å². The number of hydrogen-bond donors (Lipinski definition) is 1. The Morgan fingerprint density at radius 3 is 2.65 bits per heavy atom. The van der Waals surface area contributed by atoms with E-state index in [9.17, 15) is 26.8 Å². The van der Waals surface area contributed by atoms with Crippen molar-refractivity contribution in [2.45, 2.75) is 17.2 Å². The highest BCUT2D eigenvalue weighted by Crippen LogP contribution is 2.33. The van der Waals surface area contributed by atoms with Crippen molar-refractivity contribution in [1.29, 1.82) is 0 Å². The number of para-hydroxylation sites is 1. The van der Waals surface area contributed by atoms with Crippen LogP contribution in [0.3, 0.4) is 0 Å². The van der Waals surface area contributed by atoms with E-state index in [2.05, 4.69) is 10.3 Å². The smallest absolute Gasteiger partial charge is 0.323 e. The van der Waals surface area contributed by atoms with Crippen molar-refractivity contribution in [3.63, 3.8) is 0 Å². The molecule has 1 N–H and O–H groups in total. The number of amides is 1. The van der Waals surface area contributed by atoms with Crippen LogP contribution in [0.4, 0.5) is 14.5 Å². The molecular formula is C19H13F2N3O4S3. The van der Waals surface area contributed by atoms with Crippen molar-refractivity contribution in [2.75, 3.05) is 5.32 Å². The third-order valence-corrected chi connectivity index (χ3v) is 7.59. The molecule has 4 aromatic rings. The van der Waals surface area contributed by atoms with Gasteiger partial charge in [0, 0.05) is 15.8 Å². The molecule has 160 valence electrons. The number of aromatic nitrogens is 2. The first-order valence-electron chi connectivity index (χ1n) is 8.70. The van der Waals surface area contributed by atoms with Gasteiger partial charge in [-0.3, -0.25) is 14.2 Å². The maximum atomic E-state index is 13.0. The zero-order chi connectivity index (χ0) is 22.2. The van der Waals surface area contributed by atoms with Crippen molar-refractivity contribution in [3.8, 4) is 10.4 Å². The Morgan fingerprint density at radius 2 is 1.94 bits per heavy atom. The summed E-state index contributed by atoms with van der Waals surface area (Å²) in [6.45, 7) is -0.468. The molecule has 0 fully saturated rings. The fourth-order valence-corrected chi connectivity index (χ4v) is 5.56. The van der Waals surface area contributed by atoms with Crippen LogP contribution >= 0.6 is 22.7 Å². The predicted molar refractivity (Wildman–Crippen MR) is 115 cm³/mol. The van der Waals surface area contributed by atoms with Crippen LogP contribution in [0.1, 0.15) is 0 Å². The van der Waals surface area contributed by atoms with Crippen LogP contribution in [0, 0.1) is 0 Å².